The topological polar surface area (TPSA) is 45.2 Å². The molecule has 1 saturated heterocycles. The fourth-order valence-corrected chi connectivity index (χ4v) is 3.87. The van der Waals surface area contributed by atoms with Gasteiger partial charge in [0, 0.05) is 29.6 Å². The van der Waals surface area contributed by atoms with E-state index in [1.807, 2.05) is 35.8 Å². The number of nitrogens with one attached hydrogen (secondary N) is 1. The van der Waals surface area contributed by atoms with Crippen LogP contribution in [0.5, 0.6) is 0 Å². The van der Waals surface area contributed by atoms with Crippen LogP contribution in [0.3, 0.4) is 0 Å². The lowest BCUT2D eigenvalue weighted by atomic mass is 10.0. The molecule has 1 aromatic heterocycles. The smallest absolute Gasteiger partial charge is 0.251 e. The summed E-state index contributed by atoms with van der Waals surface area (Å²) in [6.45, 7) is 4.83. The Morgan fingerprint density at radius 1 is 1.35 bits per heavy atom. The minimum Gasteiger partial charge on any atom is -0.350 e. The van der Waals surface area contributed by atoms with Crippen LogP contribution in [0.4, 0.5) is 0 Å². The van der Waals surface area contributed by atoms with Crippen molar-refractivity contribution in [2.45, 2.75) is 38.8 Å². The molecule has 1 aromatic carbocycles. The van der Waals surface area contributed by atoms with Crippen LogP contribution in [0.25, 0.3) is 0 Å². The first-order chi connectivity index (χ1) is 11.2. The van der Waals surface area contributed by atoms with Gasteiger partial charge >= 0.3 is 0 Å². The van der Waals surface area contributed by atoms with Gasteiger partial charge in [-0.1, -0.05) is 24.6 Å². The van der Waals surface area contributed by atoms with Gasteiger partial charge in [-0.25, -0.2) is 4.98 Å². The van der Waals surface area contributed by atoms with E-state index >= 15 is 0 Å². The van der Waals surface area contributed by atoms with Gasteiger partial charge in [0.2, 0.25) is 0 Å². The van der Waals surface area contributed by atoms with Crippen molar-refractivity contribution < 1.29 is 4.79 Å². The highest BCUT2D eigenvalue weighted by Gasteiger charge is 2.24. The molecule has 1 aliphatic heterocycles. The molecule has 0 unspecified atom stereocenters. The molecule has 3 rings (SSSR count). The number of aromatic nitrogens is 1. The molecule has 0 radical (unpaired) electrons. The van der Waals surface area contributed by atoms with E-state index in [4.69, 9.17) is 0 Å². The van der Waals surface area contributed by atoms with Crippen LogP contribution in [0.1, 0.15) is 40.2 Å². The van der Waals surface area contributed by atoms with Crippen molar-refractivity contribution >= 4 is 17.2 Å². The zero-order chi connectivity index (χ0) is 16.1. The maximum Gasteiger partial charge on any atom is 0.251 e. The van der Waals surface area contributed by atoms with Gasteiger partial charge in [-0.2, -0.15) is 0 Å². The summed E-state index contributed by atoms with van der Waals surface area (Å²) in [4.78, 5) is 20.4. The third-order valence-electron chi connectivity index (χ3n) is 4.47. The summed E-state index contributed by atoms with van der Waals surface area (Å²) < 4.78 is 0. The number of nitrogens with zero attached hydrogens (tertiary/aromatic N) is 2. The Hall–Kier alpha value is -1.72. The molecule has 1 N–H and O–H groups in total. The molecule has 0 saturated carbocycles. The lowest BCUT2D eigenvalue weighted by Crippen LogP contribution is -2.46. The molecular weight excluding hydrogens is 306 g/mol. The Morgan fingerprint density at radius 2 is 2.17 bits per heavy atom. The number of likely N-dealkylation sites (tertiary alicyclic amines) is 1. The SMILES string of the molecule is Cc1ncsc1CN1CCCC[C@H]1CNC(=O)c1ccccc1. The van der Waals surface area contributed by atoms with Gasteiger partial charge in [-0.05, 0) is 38.4 Å². The highest BCUT2D eigenvalue weighted by atomic mass is 32.1. The molecule has 1 fully saturated rings. The number of hydrogen-bond donors (Lipinski definition) is 1. The van der Waals surface area contributed by atoms with Gasteiger partial charge in [0.05, 0.1) is 11.2 Å². The van der Waals surface area contributed by atoms with E-state index in [1.165, 1.54) is 17.7 Å². The predicted octanol–water partition coefficient (Wildman–Crippen LogP) is 3.24. The number of amides is 1. The van der Waals surface area contributed by atoms with Crippen LogP contribution in [0, 0.1) is 6.92 Å². The second kappa shape index (κ2) is 7.70. The number of carbonyl (C=O) groups is 1. The molecule has 5 heteroatoms. The summed E-state index contributed by atoms with van der Waals surface area (Å²) in [7, 11) is 0. The van der Waals surface area contributed by atoms with Crippen molar-refractivity contribution in [2.75, 3.05) is 13.1 Å². The van der Waals surface area contributed by atoms with Crippen LogP contribution in [-0.2, 0) is 6.54 Å². The molecule has 122 valence electrons. The largest absolute Gasteiger partial charge is 0.350 e. The van der Waals surface area contributed by atoms with Crippen LogP contribution < -0.4 is 5.32 Å². The average Bonchev–Trinajstić information content (AvgIpc) is 2.99. The predicted molar refractivity (Wildman–Crippen MR) is 93.7 cm³/mol. The van der Waals surface area contributed by atoms with E-state index in [-0.39, 0.29) is 5.91 Å². The van der Waals surface area contributed by atoms with E-state index in [1.54, 1.807) is 11.3 Å². The lowest BCUT2D eigenvalue weighted by Gasteiger charge is -2.35. The summed E-state index contributed by atoms with van der Waals surface area (Å²) in [5.41, 5.74) is 3.78. The molecule has 0 aliphatic carbocycles. The lowest BCUT2D eigenvalue weighted by molar-refractivity contribution is 0.0908. The van der Waals surface area contributed by atoms with E-state index in [2.05, 4.69) is 22.1 Å². The number of carbonyl (C=O) groups excluding carboxylic acids is 1. The Balaban J connectivity index is 1.58. The summed E-state index contributed by atoms with van der Waals surface area (Å²) in [5, 5.41) is 3.10. The van der Waals surface area contributed by atoms with Crippen LogP contribution in [0.2, 0.25) is 0 Å². The Bertz CT molecular complexity index is 641. The quantitative estimate of drug-likeness (QED) is 0.916. The first kappa shape index (κ1) is 16.1. The van der Waals surface area contributed by atoms with Gasteiger partial charge in [0.15, 0.2) is 0 Å². The summed E-state index contributed by atoms with van der Waals surface area (Å²) >= 11 is 1.73. The molecule has 2 heterocycles. The van der Waals surface area contributed by atoms with Crippen molar-refractivity contribution in [1.82, 2.24) is 15.2 Å². The molecule has 0 bridgehead atoms. The van der Waals surface area contributed by atoms with Crippen LogP contribution in [0.15, 0.2) is 35.8 Å². The zero-order valence-corrected chi connectivity index (χ0v) is 14.3. The number of piperidine rings is 1. The Kier molecular flexibility index (Phi) is 5.41. The normalized spacial score (nSPS) is 18.7. The molecule has 1 aliphatic rings. The molecule has 2 aromatic rings. The Labute approximate surface area is 141 Å². The molecular formula is C18H23N3OS. The summed E-state index contributed by atoms with van der Waals surface area (Å²) in [5.74, 6) is 0.0186. The molecule has 0 spiro atoms. The van der Waals surface area contributed by atoms with Gasteiger partial charge in [0.25, 0.3) is 5.91 Å². The first-order valence-corrected chi connectivity index (χ1v) is 9.08. The highest BCUT2D eigenvalue weighted by molar-refractivity contribution is 7.09. The van der Waals surface area contributed by atoms with E-state index in [0.717, 1.165) is 30.8 Å². The van der Waals surface area contributed by atoms with E-state index in [0.29, 0.717) is 12.6 Å². The minimum atomic E-state index is 0.0186. The maximum absolute atomic E-state index is 12.2. The minimum absolute atomic E-state index is 0.0186. The van der Waals surface area contributed by atoms with Crippen LogP contribution in [-0.4, -0.2) is 34.9 Å². The number of rotatable bonds is 5. The van der Waals surface area contributed by atoms with Crippen LogP contribution >= 0.6 is 11.3 Å². The van der Waals surface area contributed by atoms with Gasteiger partial charge < -0.3 is 5.32 Å². The fourth-order valence-electron chi connectivity index (χ4n) is 3.06. The number of thiazole rings is 1. The van der Waals surface area contributed by atoms with Crippen molar-refractivity contribution in [3.63, 3.8) is 0 Å². The second-order valence-corrected chi connectivity index (χ2v) is 7.00. The zero-order valence-electron chi connectivity index (χ0n) is 13.5. The number of benzene rings is 1. The summed E-state index contributed by atoms with van der Waals surface area (Å²) in [6, 6.07) is 9.85. The van der Waals surface area contributed by atoms with Crippen molar-refractivity contribution in [3.05, 3.63) is 52.0 Å². The first-order valence-electron chi connectivity index (χ1n) is 8.20. The van der Waals surface area contributed by atoms with Gasteiger partial charge in [-0.3, -0.25) is 9.69 Å². The standard InChI is InChI=1S/C18H23N3OS/c1-14-17(23-13-20-14)12-21-10-6-5-9-16(21)11-19-18(22)15-7-3-2-4-8-15/h2-4,7-8,13,16H,5-6,9-12H2,1H3,(H,19,22)/t16-/m0/s1. The second-order valence-electron chi connectivity index (χ2n) is 6.06. The highest BCUT2D eigenvalue weighted by Crippen LogP contribution is 2.22. The third-order valence-corrected chi connectivity index (χ3v) is 5.39. The summed E-state index contributed by atoms with van der Waals surface area (Å²) in [6.07, 6.45) is 3.62. The van der Waals surface area contributed by atoms with Crippen molar-refractivity contribution in [2.24, 2.45) is 0 Å². The molecule has 1 atom stereocenters. The number of hydrogen-bond acceptors (Lipinski definition) is 4. The monoisotopic (exact) mass is 329 g/mol. The van der Waals surface area contributed by atoms with E-state index in [9.17, 15) is 4.79 Å². The number of aryl methyl sites for hydroxylation is 1. The third kappa shape index (κ3) is 4.18. The average molecular weight is 329 g/mol. The van der Waals surface area contributed by atoms with Gasteiger partial charge in [-0.15, -0.1) is 11.3 Å². The Morgan fingerprint density at radius 3 is 2.91 bits per heavy atom. The van der Waals surface area contributed by atoms with Crippen molar-refractivity contribution in [1.29, 1.82) is 0 Å². The van der Waals surface area contributed by atoms with Gasteiger partial charge in [0.1, 0.15) is 0 Å². The molecule has 1 amide bonds. The van der Waals surface area contributed by atoms with E-state index < -0.39 is 0 Å². The maximum atomic E-state index is 12.2. The molecule has 23 heavy (non-hydrogen) atoms. The fraction of sp³-hybridized carbons (Fsp3) is 0.444. The molecule has 4 nitrogen and oxygen atoms in total. The van der Waals surface area contributed by atoms with Crippen molar-refractivity contribution in [3.8, 4) is 0 Å².